The zero-order chi connectivity index (χ0) is 40.2. The first-order valence-electron chi connectivity index (χ1n) is 18.8. The number of aryl methyl sites for hydroxylation is 1. The number of piperidine rings is 2. The number of likely N-dealkylation sites (N-methyl/N-ethyl adjacent to an activating group) is 1. The quantitative estimate of drug-likeness (QED) is 0.0952. The molecule has 7 rings (SSSR count). The van der Waals surface area contributed by atoms with Gasteiger partial charge in [0.15, 0.2) is 18.2 Å². The first kappa shape index (κ1) is 39.2. The third-order valence-corrected chi connectivity index (χ3v) is 10.9. The molecule has 18 nitrogen and oxygen atoms in total. The summed E-state index contributed by atoms with van der Waals surface area (Å²) in [6.07, 6.45) is 5.22. The summed E-state index contributed by atoms with van der Waals surface area (Å²) in [7, 11) is 3.14. The number of halogens is 1. The number of amides is 4. The molecule has 3 aromatic heterocycles. The summed E-state index contributed by atoms with van der Waals surface area (Å²) in [5.74, 6) is -0.380. The number of anilines is 4. The first-order chi connectivity index (χ1) is 27.4. The molecule has 0 radical (unpaired) electrons. The Hall–Kier alpha value is -6.01. The predicted octanol–water partition coefficient (Wildman–Crippen LogP) is 1.06. The van der Waals surface area contributed by atoms with E-state index in [1.165, 1.54) is 23.9 Å². The van der Waals surface area contributed by atoms with Crippen LogP contribution in [0.25, 0.3) is 10.9 Å². The van der Waals surface area contributed by atoms with E-state index in [0.717, 1.165) is 69.7 Å². The van der Waals surface area contributed by atoms with Gasteiger partial charge in [-0.15, -0.1) is 0 Å². The van der Waals surface area contributed by atoms with Gasteiger partial charge in [-0.2, -0.15) is 9.71 Å². The number of fused-ring (bicyclic) bond motifs is 1. The Labute approximate surface area is 332 Å². The Morgan fingerprint density at radius 1 is 1.02 bits per heavy atom. The second-order valence-electron chi connectivity index (χ2n) is 14.4. The smallest absolute Gasteiger partial charge is 0.318 e. The lowest BCUT2D eigenvalue weighted by atomic mass is 9.95. The molecule has 0 saturated carbocycles. The van der Waals surface area contributed by atoms with Gasteiger partial charge in [0.1, 0.15) is 16.8 Å². The van der Waals surface area contributed by atoms with Crippen LogP contribution in [0.3, 0.4) is 0 Å². The number of hydrogen-bond acceptors (Lipinski definition) is 13. The molecule has 300 valence electrons. The Balaban J connectivity index is 0.897. The lowest BCUT2D eigenvalue weighted by Crippen LogP contribution is -2.53. The van der Waals surface area contributed by atoms with Crippen LogP contribution in [0.1, 0.15) is 36.2 Å². The highest BCUT2D eigenvalue weighted by molar-refractivity contribution is 6.33. The van der Waals surface area contributed by atoms with Crippen molar-refractivity contribution in [3.63, 3.8) is 0 Å². The molecule has 1 unspecified atom stereocenters. The summed E-state index contributed by atoms with van der Waals surface area (Å²) in [6, 6.07) is 9.48. The van der Waals surface area contributed by atoms with Gasteiger partial charge in [-0.3, -0.25) is 34.2 Å². The van der Waals surface area contributed by atoms with Crippen molar-refractivity contribution in [1.29, 1.82) is 0 Å². The first-order valence-corrected chi connectivity index (χ1v) is 19.2. The SMILES string of the molecule is CNC(=O)COc1cc2cc(Nc3nc(N4CCN(CC5CCN(c6ccc(C(=O)NC7CCC(=O)NC7=O)[n+]([O-])c6)CC5)CC4)ncc3Cl)ccc2n(C)c1=O. The van der Waals surface area contributed by atoms with E-state index in [9.17, 15) is 29.2 Å². The fraction of sp³-hybridized carbons (Fsp3) is 0.421. The van der Waals surface area contributed by atoms with Gasteiger partial charge in [-0.25, -0.2) is 4.98 Å². The molecule has 3 saturated heterocycles. The number of piperazine rings is 1. The standard InChI is InChI=1S/C38H44ClN11O7/c1-40-33(52)22-57-31-18-24-17-25(3-6-29(24)46(2)37(31)55)42-34-27(39)19-41-38(45-34)49-15-13-47(14-16-49)20-23-9-11-48(12-10-23)26-4-7-30(50(56)21-26)36(54)43-28-5-8-32(51)44-35(28)53/h3-4,6-7,17-19,21,23,28H,5,8-16,20,22H2,1-2H3,(H,40,52)(H,43,54)(H,41,42,45)(H,44,51,53). The van der Waals surface area contributed by atoms with Crippen molar-refractivity contribution >= 4 is 69.3 Å². The van der Waals surface area contributed by atoms with Crippen molar-refractivity contribution in [3.05, 3.63) is 75.1 Å². The molecule has 3 aliphatic heterocycles. The topological polar surface area (TPSA) is 210 Å². The van der Waals surface area contributed by atoms with Crippen LogP contribution >= 0.6 is 11.6 Å². The molecule has 0 bridgehead atoms. The number of benzene rings is 1. The number of rotatable bonds is 11. The van der Waals surface area contributed by atoms with Crippen molar-refractivity contribution in [2.24, 2.45) is 13.0 Å². The van der Waals surface area contributed by atoms with Crippen molar-refractivity contribution < 1.29 is 28.6 Å². The highest BCUT2D eigenvalue weighted by Crippen LogP contribution is 2.29. The van der Waals surface area contributed by atoms with Gasteiger partial charge in [-0.1, -0.05) is 11.6 Å². The summed E-state index contributed by atoms with van der Waals surface area (Å²) in [5.41, 5.74) is 1.66. The number of nitrogens with one attached hydrogen (secondary N) is 4. The number of nitrogens with zero attached hydrogens (tertiary/aromatic N) is 7. The summed E-state index contributed by atoms with van der Waals surface area (Å²) in [4.78, 5) is 76.6. The number of carbonyl (C=O) groups is 4. The van der Waals surface area contributed by atoms with E-state index in [1.807, 2.05) is 18.2 Å². The van der Waals surface area contributed by atoms with E-state index in [0.29, 0.717) is 38.6 Å². The van der Waals surface area contributed by atoms with Crippen LogP contribution < -0.4 is 46.1 Å². The number of carbonyl (C=O) groups excluding carboxylic acids is 4. The minimum atomic E-state index is -0.859. The van der Waals surface area contributed by atoms with E-state index >= 15 is 0 Å². The van der Waals surface area contributed by atoms with Crippen LogP contribution in [-0.2, 0) is 21.4 Å². The third kappa shape index (κ3) is 9.02. The van der Waals surface area contributed by atoms with Crippen LogP contribution in [-0.4, -0.2) is 109 Å². The summed E-state index contributed by atoms with van der Waals surface area (Å²) in [6.45, 7) is 5.44. The summed E-state index contributed by atoms with van der Waals surface area (Å²) in [5, 5.41) is 24.4. The molecule has 1 aromatic carbocycles. The molecule has 0 spiro atoms. The molecule has 0 aliphatic carbocycles. The molecule has 19 heteroatoms. The van der Waals surface area contributed by atoms with E-state index in [2.05, 4.69) is 41.0 Å². The average molecular weight is 802 g/mol. The minimum Gasteiger partial charge on any atom is -0.618 e. The zero-order valence-electron chi connectivity index (χ0n) is 31.6. The van der Waals surface area contributed by atoms with Crippen molar-refractivity contribution in [2.75, 3.05) is 74.6 Å². The molecular formula is C38H44ClN11O7. The summed E-state index contributed by atoms with van der Waals surface area (Å²) >= 11 is 6.53. The maximum atomic E-state index is 12.8. The van der Waals surface area contributed by atoms with E-state index in [4.69, 9.17) is 21.3 Å². The number of pyridine rings is 2. The van der Waals surface area contributed by atoms with Gasteiger partial charge in [0.05, 0.1) is 11.7 Å². The fourth-order valence-corrected chi connectivity index (χ4v) is 7.49. The molecule has 4 aromatic rings. The number of imide groups is 1. The van der Waals surface area contributed by atoms with Crippen molar-refractivity contribution in [3.8, 4) is 5.75 Å². The number of ether oxygens (including phenoxy) is 1. The fourth-order valence-electron chi connectivity index (χ4n) is 7.35. The van der Waals surface area contributed by atoms with Gasteiger partial charge >= 0.3 is 5.91 Å². The van der Waals surface area contributed by atoms with Crippen LogP contribution in [0, 0.1) is 11.1 Å². The maximum Gasteiger partial charge on any atom is 0.318 e. The van der Waals surface area contributed by atoms with Crippen LogP contribution in [0.4, 0.5) is 23.1 Å². The van der Waals surface area contributed by atoms with Crippen molar-refractivity contribution in [2.45, 2.75) is 31.7 Å². The third-order valence-electron chi connectivity index (χ3n) is 10.6. The second-order valence-corrected chi connectivity index (χ2v) is 14.8. The molecule has 4 amide bonds. The van der Waals surface area contributed by atoms with Gasteiger partial charge < -0.3 is 40.3 Å². The predicted molar refractivity (Wildman–Crippen MR) is 212 cm³/mol. The Morgan fingerprint density at radius 2 is 1.79 bits per heavy atom. The Kier molecular flexibility index (Phi) is 11.7. The molecule has 3 fully saturated rings. The van der Waals surface area contributed by atoms with E-state index in [-0.39, 0.29) is 48.3 Å². The van der Waals surface area contributed by atoms with Crippen LogP contribution in [0.15, 0.2) is 53.6 Å². The van der Waals surface area contributed by atoms with Gasteiger partial charge in [0.2, 0.25) is 24.0 Å². The average Bonchev–Trinajstić information content (AvgIpc) is 3.21. The minimum absolute atomic E-state index is 0.0669. The molecule has 3 aliphatic rings. The molecule has 1 atom stereocenters. The van der Waals surface area contributed by atoms with Gasteiger partial charge in [0.25, 0.3) is 17.2 Å². The Morgan fingerprint density at radius 3 is 2.51 bits per heavy atom. The Bertz CT molecular complexity index is 2250. The van der Waals surface area contributed by atoms with Crippen LogP contribution in [0.2, 0.25) is 5.02 Å². The van der Waals surface area contributed by atoms with E-state index < -0.39 is 17.9 Å². The second kappa shape index (κ2) is 17.0. The summed E-state index contributed by atoms with van der Waals surface area (Å²) < 4.78 is 7.50. The number of hydrogen-bond donors (Lipinski definition) is 4. The van der Waals surface area contributed by atoms with Crippen molar-refractivity contribution in [1.82, 2.24) is 35.4 Å². The monoisotopic (exact) mass is 801 g/mol. The maximum absolute atomic E-state index is 12.8. The van der Waals surface area contributed by atoms with Crippen LogP contribution in [0.5, 0.6) is 5.75 Å². The highest BCUT2D eigenvalue weighted by Gasteiger charge is 2.31. The molecule has 4 N–H and O–H groups in total. The lowest BCUT2D eigenvalue weighted by molar-refractivity contribution is -0.607. The molecule has 57 heavy (non-hydrogen) atoms. The largest absolute Gasteiger partial charge is 0.618 e. The molecule has 6 heterocycles. The lowest BCUT2D eigenvalue weighted by Gasteiger charge is -2.39. The highest BCUT2D eigenvalue weighted by atomic mass is 35.5. The molecular weight excluding hydrogens is 758 g/mol. The number of aromatic nitrogens is 4. The van der Waals surface area contributed by atoms with Gasteiger partial charge in [-0.05, 0) is 55.5 Å². The van der Waals surface area contributed by atoms with Gasteiger partial charge in [0, 0.05) is 83.5 Å². The normalized spacial score (nSPS) is 18.0. The zero-order valence-corrected chi connectivity index (χ0v) is 32.4. The van der Waals surface area contributed by atoms with E-state index in [1.54, 1.807) is 25.4 Å².